The number of hydrogen-bond donors (Lipinski definition) is 0. The molecule has 0 amide bonds. The molecule has 0 atom stereocenters. The Bertz CT molecular complexity index is 1970. The number of alkyl halides is 13. The average Bonchev–Trinajstić information content (AvgIpc) is 3.20. The van der Waals surface area contributed by atoms with Gasteiger partial charge in [0.25, 0.3) is 0 Å². The van der Waals surface area contributed by atoms with Gasteiger partial charge in [-0.1, -0.05) is 248 Å². The van der Waals surface area contributed by atoms with Gasteiger partial charge in [-0.15, -0.1) is 11.6 Å². The Morgan fingerprint density at radius 2 is 0.534 bits per heavy atom. The van der Waals surface area contributed by atoms with Crippen molar-refractivity contribution >= 4 is 151 Å². The molecule has 19 heteroatoms. The Morgan fingerprint density at radius 3 is 0.759 bits per heavy atom. The van der Waals surface area contributed by atoms with Gasteiger partial charge in [-0.05, 0) is 47.9 Å². The molecule has 306 valence electrons. The van der Waals surface area contributed by atoms with Crippen molar-refractivity contribution < 1.29 is 0 Å². The first-order valence-corrected chi connectivity index (χ1v) is 22.0. The first-order valence-electron chi connectivity index (χ1n) is 16.7. The van der Waals surface area contributed by atoms with Crippen LogP contribution in [0.2, 0.25) is 0 Å². The molecule has 0 N–H and O–H groups in total. The second-order valence-corrected chi connectivity index (χ2v) is 21.1. The second-order valence-electron chi connectivity index (χ2n) is 12.0. The lowest BCUT2D eigenvalue weighted by Gasteiger charge is -2.15. The molecule has 6 nitrogen and oxygen atoms in total. The van der Waals surface area contributed by atoms with Crippen LogP contribution in [0.1, 0.15) is 45.6 Å². The van der Waals surface area contributed by atoms with Crippen LogP contribution in [0.4, 0.5) is 0 Å². The van der Waals surface area contributed by atoms with Crippen molar-refractivity contribution in [2.24, 2.45) is 0 Å². The number of rotatable bonds is 8. The van der Waals surface area contributed by atoms with Crippen LogP contribution in [0.3, 0.4) is 0 Å². The van der Waals surface area contributed by atoms with E-state index in [2.05, 4.69) is 65.8 Å². The van der Waals surface area contributed by atoms with E-state index in [4.69, 9.17) is 139 Å². The largest absolute Gasteiger partial charge is 0.250 e. The summed E-state index contributed by atoms with van der Waals surface area (Å²) in [7, 11) is 0. The minimum absolute atomic E-state index is 0.114. The highest BCUT2D eigenvalue weighted by molar-refractivity contribution is 6.68. The number of benzene rings is 4. The predicted octanol–water partition coefficient (Wildman–Crippen LogP) is 14.8. The molecule has 0 aliphatic rings. The molecule has 0 aliphatic heterocycles. The molecule has 0 aliphatic carbocycles. The van der Waals surface area contributed by atoms with E-state index in [1.807, 2.05) is 84.9 Å². The van der Waals surface area contributed by atoms with E-state index >= 15 is 0 Å². The Balaban J connectivity index is 0.000000246. The predicted molar refractivity (Wildman–Crippen MR) is 247 cm³/mol. The summed E-state index contributed by atoms with van der Waals surface area (Å²) in [6, 6.07) is 36.0. The fourth-order valence-electron chi connectivity index (χ4n) is 5.02. The highest BCUT2D eigenvalue weighted by atomic mass is 35.6. The zero-order chi connectivity index (χ0) is 42.7. The van der Waals surface area contributed by atoms with E-state index in [-0.39, 0.29) is 34.9 Å². The SMILES string of the molecule is CCl.ClC(Cl)(Cl)c1nc(-c2ccc(CCc3ccccc3)cc2)nc(C(Cl)(Cl)Cl)n1.ClC(Cl)(Cl)c1nc(-c2ccc(CCc3ccccc3)cc2)nc(C(Cl)(Cl)Cl)n1. The summed E-state index contributed by atoms with van der Waals surface area (Å²) < 4.78 is -7.51. The lowest BCUT2D eigenvalue weighted by Crippen LogP contribution is -2.16. The number of nitrogens with zero attached hydrogens (tertiary/aromatic N) is 6. The van der Waals surface area contributed by atoms with Gasteiger partial charge in [-0.2, -0.15) is 0 Å². The van der Waals surface area contributed by atoms with Gasteiger partial charge in [0.15, 0.2) is 34.9 Å². The Labute approximate surface area is 401 Å². The molecule has 0 saturated carbocycles. The molecule has 0 unspecified atom stereocenters. The molecule has 0 saturated heterocycles. The van der Waals surface area contributed by atoms with Crippen molar-refractivity contribution in [3.8, 4) is 22.8 Å². The molecule has 58 heavy (non-hydrogen) atoms. The number of aromatic nitrogens is 6. The van der Waals surface area contributed by atoms with Gasteiger partial charge in [-0.25, -0.2) is 29.9 Å². The maximum atomic E-state index is 5.91. The summed E-state index contributed by atoms with van der Waals surface area (Å²) in [6.07, 6.45) is 5.17. The molecule has 6 rings (SSSR count). The minimum atomic E-state index is -1.88. The van der Waals surface area contributed by atoms with E-state index in [1.54, 1.807) is 0 Å². The van der Waals surface area contributed by atoms with Crippen molar-refractivity contribution in [3.05, 3.63) is 155 Å². The van der Waals surface area contributed by atoms with Crippen LogP contribution in [0.25, 0.3) is 22.8 Å². The average molecular weight is 1040 g/mol. The van der Waals surface area contributed by atoms with E-state index in [0.717, 1.165) is 25.7 Å². The number of halogens is 13. The summed E-state index contributed by atoms with van der Waals surface area (Å²) in [5.74, 6) is 0.0578. The van der Waals surface area contributed by atoms with Crippen LogP contribution in [0, 0.1) is 0 Å². The van der Waals surface area contributed by atoms with E-state index < -0.39 is 15.2 Å². The second kappa shape index (κ2) is 22.2. The zero-order valence-electron chi connectivity index (χ0n) is 29.8. The van der Waals surface area contributed by atoms with Crippen LogP contribution in [-0.2, 0) is 40.9 Å². The van der Waals surface area contributed by atoms with Gasteiger partial charge in [0.1, 0.15) is 0 Å². The standard InChI is InChI=1S/2C19H13Cl6N3.CH3Cl/c2*20-18(21,22)16-26-15(27-17(28-16)19(23,24)25)14-10-8-13(9-11-14)7-6-12-4-2-1-3-5-12;1-2/h2*1-5,8-11H,6-7H2;1H3. The first kappa shape index (κ1) is 49.3. The minimum Gasteiger partial charge on any atom is -0.209 e. The lowest BCUT2D eigenvalue weighted by atomic mass is 10.0. The van der Waals surface area contributed by atoms with Gasteiger partial charge in [0, 0.05) is 17.5 Å². The van der Waals surface area contributed by atoms with Crippen molar-refractivity contribution in [2.75, 3.05) is 6.38 Å². The topological polar surface area (TPSA) is 77.3 Å². The summed E-state index contributed by atoms with van der Waals surface area (Å²) in [4.78, 5) is 24.8. The van der Waals surface area contributed by atoms with Gasteiger partial charge in [0.2, 0.25) is 15.2 Å². The first-order chi connectivity index (χ1) is 27.3. The van der Waals surface area contributed by atoms with Gasteiger partial charge in [-0.3, -0.25) is 0 Å². The summed E-state index contributed by atoms with van der Waals surface area (Å²) in [5, 5.41) is 0. The Kier molecular flexibility index (Phi) is 18.8. The van der Waals surface area contributed by atoms with Crippen molar-refractivity contribution in [3.63, 3.8) is 0 Å². The third-order valence-electron chi connectivity index (χ3n) is 7.80. The smallest absolute Gasteiger partial charge is 0.209 e. The molecule has 0 bridgehead atoms. The number of aryl methyl sites for hydroxylation is 4. The molecular weight excluding hydrogens is 1010 g/mol. The molecular formula is C39H29Cl13N6. The molecule has 0 radical (unpaired) electrons. The highest BCUT2D eigenvalue weighted by Gasteiger charge is 2.35. The van der Waals surface area contributed by atoms with Gasteiger partial charge >= 0.3 is 0 Å². The monoisotopic (exact) mass is 1040 g/mol. The fraction of sp³-hybridized carbons (Fsp3) is 0.231. The third-order valence-corrected chi connectivity index (χ3v) is 9.83. The summed E-state index contributed by atoms with van der Waals surface area (Å²) >= 11 is 75.6. The maximum Gasteiger partial charge on any atom is 0.250 e. The molecule has 6 aromatic rings. The van der Waals surface area contributed by atoms with Crippen molar-refractivity contribution in [2.45, 2.75) is 40.9 Å². The van der Waals surface area contributed by atoms with E-state index in [1.165, 1.54) is 28.6 Å². The molecule has 4 aromatic carbocycles. The van der Waals surface area contributed by atoms with E-state index in [9.17, 15) is 0 Å². The Hall–Kier alpha value is -1.33. The molecule has 2 heterocycles. The normalized spacial score (nSPS) is 11.9. The third kappa shape index (κ3) is 15.5. The number of hydrogen-bond acceptors (Lipinski definition) is 6. The van der Waals surface area contributed by atoms with Crippen LogP contribution in [-0.4, -0.2) is 36.3 Å². The van der Waals surface area contributed by atoms with Crippen molar-refractivity contribution in [1.82, 2.24) is 29.9 Å². The molecule has 2 aromatic heterocycles. The fourth-order valence-corrected chi connectivity index (χ4v) is 6.04. The Morgan fingerprint density at radius 1 is 0.310 bits per heavy atom. The summed E-state index contributed by atoms with van der Waals surface area (Å²) in [5.41, 5.74) is 6.29. The van der Waals surface area contributed by atoms with Crippen LogP contribution >= 0.6 is 151 Å². The quantitative estimate of drug-likeness (QED) is 0.141. The zero-order valence-corrected chi connectivity index (χ0v) is 39.6. The van der Waals surface area contributed by atoms with Crippen molar-refractivity contribution in [1.29, 1.82) is 0 Å². The van der Waals surface area contributed by atoms with Gasteiger partial charge < -0.3 is 0 Å². The highest BCUT2D eigenvalue weighted by Crippen LogP contribution is 2.42. The van der Waals surface area contributed by atoms with Crippen LogP contribution < -0.4 is 0 Å². The maximum absolute atomic E-state index is 5.91. The van der Waals surface area contributed by atoms with Gasteiger partial charge in [0.05, 0.1) is 0 Å². The van der Waals surface area contributed by atoms with Crippen LogP contribution in [0.15, 0.2) is 109 Å². The summed E-state index contributed by atoms with van der Waals surface area (Å²) in [6.45, 7) is 0. The van der Waals surface area contributed by atoms with E-state index in [0.29, 0.717) is 11.1 Å². The molecule has 0 fully saturated rings. The lowest BCUT2D eigenvalue weighted by molar-refractivity contribution is 0.851. The van der Waals surface area contributed by atoms with Crippen LogP contribution in [0.5, 0.6) is 0 Å². The molecule has 0 spiro atoms.